The van der Waals surface area contributed by atoms with E-state index in [-0.39, 0.29) is 29.8 Å². The Labute approximate surface area is 154 Å². The lowest BCUT2D eigenvalue weighted by atomic mass is 10.1. The van der Waals surface area contributed by atoms with Crippen molar-refractivity contribution in [2.45, 2.75) is 13.5 Å². The van der Waals surface area contributed by atoms with Gasteiger partial charge in [-0.2, -0.15) is 5.26 Å². The van der Waals surface area contributed by atoms with Crippen molar-refractivity contribution in [3.8, 4) is 17.5 Å². The molecule has 1 amide bonds. The molecule has 0 saturated heterocycles. The van der Waals surface area contributed by atoms with Gasteiger partial charge in [0.2, 0.25) is 0 Å². The second-order valence-electron chi connectivity index (χ2n) is 5.83. The molecule has 7 heteroatoms. The van der Waals surface area contributed by atoms with Gasteiger partial charge in [0.1, 0.15) is 17.1 Å². The van der Waals surface area contributed by atoms with E-state index in [0.29, 0.717) is 11.5 Å². The maximum Gasteiger partial charge on any atom is 0.261 e. The topological polar surface area (TPSA) is 90.1 Å². The van der Waals surface area contributed by atoms with Crippen molar-refractivity contribution in [2.75, 3.05) is 6.54 Å². The van der Waals surface area contributed by atoms with Crippen molar-refractivity contribution in [1.82, 2.24) is 9.88 Å². The Morgan fingerprint density at radius 3 is 2.70 bits per heavy atom. The summed E-state index contributed by atoms with van der Waals surface area (Å²) in [4.78, 5) is 29.1. The fourth-order valence-corrected chi connectivity index (χ4v) is 2.67. The van der Waals surface area contributed by atoms with E-state index < -0.39 is 17.3 Å². The predicted molar refractivity (Wildman–Crippen MR) is 96.3 cm³/mol. The fourth-order valence-electron chi connectivity index (χ4n) is 2.67. The zero-order valence-corrected chi connectivity index (χ0v) is 14.5. The molecule has 0 unspecified atom stereocenters. The van der Waals surface area contributed by atoms with Crippen molar-refractivity contribution in [3.05, 3.63) is 81.6 Å². The minimum absolute atomic E-state index is 0.00769. The lowest BCUT2D eigenvalue weighted by molar-refractivity contribution is 0.0749. The Kier molecular flexibility index (Phi) is 5.18. The minimum Gasteiger partial charge on any atom is -0.463 e. The first kappa shape index (κ1) is 18.1. The third-order valence-corrected chi connectivity index (χ3v) is 4.14. The van der Waals surface area contributed by atoms with Gasteiger partial charge in [-0.3, -0.25) is 9.59 Å². The fraction of sp³-hybridized carbons (Fsp3) is 0.150. The van der Waals surface area contributed by atoms with Gasteiger partial charge in [0, 0.05) is 18.7 Å². The van der Waals surface area contributed by atoms with E-state index >= 15 is 0 Å². The molecule has 27 heavy (non-hydrogen) atoms. The van der Waals surface area contributed by atoms with Crippen LogP contribution in [0.4, 0.5) is 4.39 Å². The largest absolute Gasteiger partial charge is 0.463 e. The zero-order chi connectivity index (χ0) is 19.4. The highest BCUT2D eigenvalue weighted by Crippen LogP contribution is 2.17. The predicted octanol–water partition coefficient (Wildman–Crippen LogP) is 3.31. The van der Waals surface area contributed by atoms with E-state index in [1.165, 1.54) is 29.4 Å². The molecule has 3 rings (SSSR count). The summed E-state index contributed by atoms with van der Waals surface area (Å²) < 4.78 is 19.3. The SMILES string of the molecule is CCN(Cc1ccc(C#N)cc1F)C(=O)c1ccc(-c2ccco2)[nH]c1=O. The standard InChI is InChI=1S/C20H16FN3O3/c1-2-24(12-14-6-5-13(11-22)10-16(14)21)20(26)15-7-8-17(23-19(15)25)18-4-3-9-27-18/h3-10H,2,12H2,1H3,(H,23,25). The van der Waals surface area contributed by atoms with Gasteiger partial charge in [0.25, 0.3) is 11.5 Å². The van der Waals surface area contributed by atoms with E-state index in [9.17, 15) is 14.0 Å². The van der Waals surface area contributed by atoms with Crippen molar-refractivity contribution in [1.29, 1.82) is 5.26 Å². The van der Waals surface area contributed by atoms with Crippen LogP contribution in [-0.2, 0) is 6.54 Å². The molecule has 0 saturated carbocycles. The summed E-state index contributed by atoms with van der Waals surface area (Å²) in [5.74, 6) is -0.589. The quantitative estimate of drug-likeness (QED) is 0.751. The Morgan fingerprint density at radius 1 is 1.30 bits per heavy atom. The highest BCUT2D eigenvalue weighted by molar-refractivity contribution is 5.94. The van der Waals surface area contributed by atoms with Crippen LogP contribution in [0.25, 0.3) is 11.5 Å². The van der Waals surface area contributed by atoms with Gasteiger partial charge in [-0.25, -0.2) is 4.39 Å². The number of pyridine rings is 1. The molecule has 0 spiro atoms. The second-order valence-corrected chi connectivity index (χ2v) is 5.83. The lowest BCUT2D eigenvalue weighted by Gasteiger charge is -2.21. The monoisotopic (exact) mass is 365 g/mol. The number of hydrogen-bond donors (Lipinski definition) is 1. The van der Waals surface area contributed by atoms with Crippen molar-refractivity contribution in [3.63, 3.8) is 0 Å². The number of hydrogen-bond acceptors (Lipinski definition) is 4. The summed E-state index contributed by atoms with van der Waals surface area (Å²) in [6.07, 6.45) is 1.48. The number of nitrogens with one attached hydrogen (secondary N) is 1. The van der Waals surface area contributed by atoms with Crippen LogP contribution in [0.1, 0.15) is 28.4 Å². The third kappa shape index (κ3) is 3.80. The molecule has 0 aliphatic heterocycles. The summed E-state index contributed by atoms with van der Waals surface area (Å²) in [6, 6.07) is 12.3. The smallest absolute Gasteiger partial charge is 0.261 e. The number of nitrogens with zero attached hydrogens (tertiary/aromatic N) is 2. The Morgan fingerprint density at radius 2 is 2.11 bits per heavy atom. The molecule has 3 aromatic rings. The number of furan rings is 1. The van der Waals surface area contributed by atoms with E-state index in [1.807, 2.05) is 6.07 Å². The number of carbonyl (C=O) groups excluding carboxylic acids is 1. The molecule has 1 aromatic carbocycles. The van der Waals surface area contributed by atoms with Gasteiger partial charge in [0.05, 0.1) is 23.6 Å². The van der Waals surface area contributed by atoms with Crippen LogP contribution in [0.15, 0.2) is 57.9 Å². The number of benzene rings is 1. The van der Waals surface area contributed by atoms with E-state index in [0.717, 1.165) is 6.07 Å². The molecule has 136 valence electrons. The van der Waals surface area contributed by atoms with Gasteiger partial charge in [-0.1, -0.05) is 6.07 Å². The number of nitriles is 1. The maximum atomic E-state index is 14.1. The van der Waals surface area contributed by atoms with Gasteiger partial charge < -0.3 is 14.3 Å². The van der Waals surface area contributed by atoms with E-state index in [4.69, 9.17) is 9.68 Å². The molecule has 1 N–H and O–H groups in total. The van der Waals surface area contributed by atoms with Crippen LogP contribution < -0.4 is 5.56 Å². The molecule has 0 aliphatic carbocycles. The van der Waals surface area contributed by atoms with Gasteiger partial charge >= 0.3 is 0 Å². The zero-order valence-electron chi connectivity index (χ0n) is 14.5. The molecule has 2 aromatic heterocycles. The number of amides is 1. The Hall–Kier alpha value is -3.66. The van der Waals surface area contributed by atoms with E-state index in [2.05, 4.69) is 4.98 Å². The first-order valence-corrected chi connectivity index (χ1v) is 8.28. The van der Waals surface area contributed by atoms with Crippen LogP contribution in [0.2, 0.25) is 0 Å². The minimum atomic E-state index is -0.567. The molecule has 6 nitrogen and oxygen atoms in total. The number of H-pyrrole nitrogens is 1. The summed E-state index contributed by atoms with van der Waals surface area (Å²) in [5.41, 5.74) is 0.347. The Bertz CT molecular complexity index is 1060. The van der Waals surface area contributed by atoms with Crippen LogP contribution in [0, 0.1) is 17.1 Å². The number of aromatic nitrogens is 1. The van der Waals surface area contributed by atoms with Crippen molar-refractivity contribution < 1.29 is 13.6 Å². The normalized spacial score (nSPS) is 10.4. The van der Waals surface area contributed by atoms with E-state index in [1.54, 1.807) is 25.1 Å². The molecule has 0 atom stereocenters. The average molecular weight is 365 g/mol. The summed E-state index contributed by atoms with van der Waals surface area (Å²) in [5, 5.41) is 8.81. The number of aromatic amines is 1. The lowest BCUT2D eigenvalue weighted by Crippen LogP contribution is -2.34. The third-order valence-electron chi connectivity index (χ3n) is 4.14. The molecule has 0 bridgehead atoms. The first-order chi connectivity index (χ1) is 13.0. The highest BCUT2D eigenvalue weighted by Gasteiger charge is 2.20. The average Bonchev–Trinajstić information content (AvgIpc) is 3.21. The Balaban J connectivity index is 1.85. The second kappa shape index (κ2) is 7.70. The first-order valence-electron chi connectivity index (χ1n) is 8.28. The highest BCUT2D eigenvalue weighted by atomic mass is 19.1. The summed E-state index contributed by atoms with van der Waals surface area (Å²) >= 11 is 0. The van der Waals surface area contributed by atoms with Crippen molar-refractivity contribution >= 4 is 5.91 Å². The van der Waals surface area contributed by atoms with Gasteiger partial charge in [-0.05, 0) is 43.3 Å². The maximum absolute atomic E-state index is 14.1. The number of halogens is 1. The summed E-state index contributed by atoms with van der Waals surface area (Å²) in [7, 11) is 0. The molecular formula is C20H16FN3O3. The van der Waals surface area contributed by atoms with Crippen LogP contribution in [0.3, 0.4) is 0 Å². The summed E-state index contributed by atoms with van der Waals surface area (Å²) in [6.45, 7) is 2.02. The van der Waals surface area contributed by atoms with Crippen LogP contribution >= 0.6 is 0 Å². The number of carbonyl (C=O) groups is 1. The molecule has 0 fully saturated rings. The molecule has 0 aliphatic rings. The van der Waals surface area contributed by atoms with Crippen LogP contribution in [-0.4, -0.2) is 22.3 Å². The number of rotatable bonds is 5. The molecule has 0 radical (unpaired) electrons. The van der Waals surface area contributed by atoms with Gasteiger partial charge in [-0.15, -0.1) is 0 Å². The van der Waals surface area contributed by atoms with Crippen LogP contribution in [0.5, 0.6) is 0 Å². The molecule has 2 heterocycles. The van der Waals surface area contributed by atoms with Crippen molar-refractivity contribution in [2.24, 2.45) is 0 Å². The van der Waals surface area contributed by atoms with Gasteiger partial charge in [0.15, 0.2) is 0 Å². The molecular weight excluding hydrogens is 349 g/mol.